The highest BCUT2D eigenvalue weighted by atomic mass is 35.5. The van der Waals surface area contributed by atoms with E-state index in [1.54, 1.807) is 83.1 Å². The van der Waals surface area contributed by atoms with Gasteiger partial charge in [-0.05, 0) is 144 Å². The van der Waals surface area contributed by atoms with E-state index in [1.165, 1.54) is 63.2 Å². The molecule has 0 radical (unpaired) electrons. The maximum absolute atomic E-state index is 12.9. The van der Waals surface area contributed by atoms with Crippen molar-refractivity contribution in [3.05, 3.63) is 71.9 Å². The van der Waals surface area contributed by atoms with Crippen LogP contribution in [-0.4, -0.2) is 122 Å². The van der Waals surface area contributed by atoms with Crippen LogP contribution in [0.1, 0.15) is 154 Å². The monoisotopic (exact) mass is 1070 g/mol. The van der Waals surface area contributed by atoms with Crippen molar-refractivity contribution >= 4 is 48.7 Å². The molecule has 0 heterocycles. The fraction of sp³-hybridized carbons (Fsp3) is 0.636. The summed E-state index contributed by atoms with van der Waals surface area (Å²) in [6.07, 6.45) is 5.55. The summed E-state index contributed by atoms with van der Waals surface area (Å²) in [5.74, 6) is -0.0603. The van der Waals surface area contributed by atoms with E-state index in [2.05, 4.69) is 54.7 Å². The summed E-state index contributed by atoms with van der Waals surface area (Å²) in [6, 6.07) is 15.0. The molecule has 0 aromatic heterocycles. The first-order valence-corrected chi connectivity index (χ1v) is 24.6. The van der Waals surface area contributed by atoms with Gasteiger partial charge in [-0.1, -0.05) is 77.8 Å². The van der Waals surface area contributed by atoms with Crippen LogP contribution in [0.15, 0.2) is 60.8 Å². The fourth-order valence-electron chi connectivity index (χ4n) is 5.81. The van der Waals surface area contributed by atoms with Crippen molar-refractivity contribution < 1.29 is 66.7 Å². The predicted molar refractivity (Wildman–Crippen MR) is 292 cm³/mol. The molecule has 2 aromatic carbocycles. The zero-order chi connectivity index (χ0) is 55.3. The topological polar surface area (TPSA) is 221 Å². The van der Waals surface area contributed by atoms with Crippen LogP contribution in [0.2, 0.25) is 0 Å². The third-order valence-electron chi connectivity index (χ3n) is 9.06. The Hall–Kier alpha value is -5.59. The van der Waals surface area contributed by atoms with Gasteiger partial charge in [-0.2, -0.15) is 9.80 Å². The first-order chi connectivity index (χ1) is 33.4. The van der Waals surface area contributed by atoms with Crippen LogP contribution in [0.4, 0.5) is 19.2 Å². The number of esters is 2. The van der Waals surface area contributed by atoms with E-state index < -0.39 is 70.5 Å². The number of carbonyl (C=O) groups is 6. The highest BCUT2D eigenvalue weighted by molar-refractivity contribution is 6.00. The SMILES string of the molecule is C.C=C(C(=O)OC)N(C(=O)OC(C)(C)C)C(=O)OC(C)(C)C.CCCCCc1ccc(OCCN)cc1.CCCCCc1ccc(OCCNCC(C(=O)OC)N(C(=O)OC(C)(C)C)C(=O)OC(C)(C)C)cc1.Cl. The lowest BCUT2D eigenvalue weighted by atomic mass is 10.1. The third kappa shape index (κ3) is 33.3. The Bertz CT molecular complexity index is 1900. The van der Waals surface area contributed by atoms with Gasteiger partial charge in [-0.25, -0.2) is 28.8 Å². The summed E-state index contributed by atoms with van der Waals surface area (Å²) in [5.41, 5.74) is 4.07. The van der Waals surface area contributed by atoms with Gasteiger partial charge in [0.25, 0.3) is 0 Å². The lowest BCUT2D eigenvalue weighted by Crippen LogP contribution is -2.55. The van der Waals surface area contributed by atoms with Crippen LogP contribution in [0.5, 0.6) is 11.5 Å². The summed E-state index contributed by atoms with van der Waals surface area (Å²) in [7, 11) is 2.29. The first-order valence-electron chi connectivity index (χ1n) is 24.6. The minimum absolute atomic E-state index is 0. The molecule has 18 nitrogen and oxygen atoms in total. The molecule has 2 aromatic rings. The molecule has 19 heteroatoms. The number of ether oxygens (including phenoxy) is 8. The van der Waals surface area contributed by atoms with Crippen molar-refractivity contribution in [1.29, 1.82) is 0 Å². The van der Waals surface area contributed by atoms with E-state index in [0.717, 1.165) is 25.0 Å². The summed E-state index contributed by atoms with van der Waals surface area (Å²) in [5, 5.41) is 3.05. The van der Waals surface area contributed by atoms with Gasteiger partial charge in [0.2, 0.25) is 0 Å². The van der Waals surface area contributed by atoms with E-state index in [0.29, 0.717) is 36.1 Å². The highest BCUT2D eigenvalue weighted by Crippen LogP contribution is 2.21. The molecule has 0 fully saturated rings. The van der Waals surface area contributed by atoms with Crippen molar-refractivity contribution in [3.63, 3.8) is 0 Å². The average Bonchev–Trinajstić information content (AvgIpc) is 3.26. The molecule has 0 saturated heterocycles. The number of hydrogen-bond acceptors (Lipinski definition) is 16. The van der Waals surface area contributed by atoms with E-state index in [4.69, 9.17) is 38.9 Å². The molecule has 0 aliphatic rings. The minimum Gasteiger partial charge on any atom is -0.492 e. The maximum atomic E-state index is 12.9. The van der Waals surface area contributed by atoms with E-state index in [-0.39, 0.29) is 26.4 Å². The van der Waals surface area contributed by atoms with Gasteiger partial charge in [-0.3, -0.25) is 0 Å². The van der Waals surface area contributed by atoms with Crippen molar-refractivity contribution in [2.24, 2.45) is 5.73 Å². The highest BCUT2D eigenvalue weighted by Gasteiger charge is 2.41. The number of nitrogens with two attached hydrogens (primary N) is 1. The molecule has 0 spiro atoms. The number of nitrogens with one attached hydrogen (secondary N) is 1. The molecule has 74 heavy (non-hydrogen) atoms. The van der Waals surface area contributed by atoms with Crippen molar-refractivity contribution in [1.82, 2.24) is 15.1 Å². The summed E-state index contributed by atoms with van der Waals surface area (Å²) in [4.78, 5) is 75.1. The quantitative estimate of drug-likeness (QED) is 0.0513. The summed E-state index contributed by atoms with van der Waals surface area (Å²) < 4.78 is 41.4. The van der Waals surface area contributed by atoms with Crippen LogP contribution >= 0.6 is 12.4 Å². The second-order valence-corrected chi connectivity index (χ2v) is 20.5. The molecule has 3 N–H and O–H groups in total. The number of aryl methyl sites for hydroxylation is 2. The Morgan fingerprint density at radius 2 is 0.946 bits per heavy atom. The van der Waals surface area contributed by atoms with Gasteiger partial charge >= 0.3 is 36.3 Å². The molecule has 2 rings (SSSR count). The number of methoxy groups -OCH3 is 2. The first kappa shape index (κ1) is 72.7. The zero-order valence-corrected chi connectivity index (χ0v) is 47.5. The van der Waals surface area contributed by atoms with Gasteiger partial charge in [0.05, 0.1) is 14.2 Å². The third-order valence-corrected chi connectivity index (χ3v) is 9.06. The smallest absolute Gasteiger partial charge is 0.424 e. The average molecular weight is 1070 g/mol. The summed E-state index contributed by atoms with van der Waals surface area (Å²) in [6.45, 7) is 29.3. The number of halogens is 1. The lowest BCUT2D eigenvalue weighted by molar-refractivity contribution is -0.146. The Labute approximate surface area is 449 Å². The molecule has 0 aliphatic heterocycles. The van der Waals surface area contributed by atoms with Crippen LogP contribution in [0.25, 0.3) is 0 Å². The van der Waals surface area contributed by atoms with Crippen LogP contribution in [0, 0.1) is 0 Å². The lowest BCUT2D eigenvalue weighted by Gasteiger charge is -2.32. The molecule has 1 atom stereocenters. The molecule has 0 aliphatic carbocycles. The number of rotatable bonds is 21. The number of imide groups is 2. The van der Waals surface area contributed by atoms with Crippen LogP contribution in [0.3, 0.4) is 0 Å². The predicted octanol–water partition coefficient (Wildman–Crippen LogP) is 11.8. The van der Waals surface area contributed by atoms with Gasteiger partial charge in [0.15, 0.2) is 6.04 Å². The molecular weight excluding hydrogens is 976 g/mol. The van der Waals surface area contributed by atoms with Crippen molar-refractivity contribution in [2.75, 3.05) is 47.1 Å². The fourth-order valence-corrected chi connectivity index (χ4v) is 5.81. The Morgan fingerprint density at radius 3 is 1.27 bits per heavy atom. The second kappa shape index (κ2) is 36.4. The van der Waals surface area contributed by atoms with Crippen LogP contribution < -0.4 is 20.5 Å². The molecule has 0 bridgehead atoms. The number of amides is 4. The number of unbranched alkanes of at least 4 members (excludes halogenated alkanes) is 4. The van der Waals surface area contributed by atoms with E-state index in [9.17, 15) is 28.8 Å². The normalized spacial score (nSPS) is 11.4. The number of benzene rings is 2. The molecule has 1 unspecified atom stereocenters. The second-order valence-electron chi connectivity index (χ2n) is 20.5. The number of nitrogens with zero attached hydrogens (tertiary/aromatic N) is 2. The van der Waals surface area contributed by atoms with E-state index >= 15 is 0 Å². The van der Waals surface area contributed by atoms with Gasteiger partial charge < -0.3 is 48.9 Å². The minimum atomic E-state index is -1.29. The Kier molecular flexibility index (Phi) is 35.7. The Balaban J connectivity index is -0.00000112. The molecule has 0 saturated carbocycles. The molecular formula is C55H93ClN4O14. The largest absolute Gasteiger partial charge is 0.492 e. The van der Waals surface area contributed by atoms with E-state index in [1.807, 2.05) is 24.3 Å². The van der Waals surface area contributed by atoms with Gasteiger partial charge in [-0.15, -0.1) is 12.4 Å². The standard InChI is InChI=1S/C27H44N2O7.C14H23NO6.C13H21NO.CH4.ClH/c1-9-10-11-12-20-13-15-21(16-14-20)34-18-17-28-19-22(23(30)33-8)29(24(31)35-26(2,3)4)25(32)36-27(5,6)7;1-9(10(16)19-8)15(11(17)20-13(2,3)4)12(18)21-14(5,6)7;1-2-3-4-5-12-6-8-13(9-7-12)15-11-10-14;;/h13-16,22,28H,9-12,17-19H2,1-8H3;1H2,2-8H3;6-9H,2-5,10-11,14H2,1H3;1H4;1H. The molecule has 424 valence electrons. The van der Waals surface area contributed by atoms with Gasteiger partial charge in [0.1, 0.15) is 52.8 Å². The van der Waals surface area contributed by atoms with Gasteiger partial charge in [0, 0.05) is 19.6 Å². The Morgan fingerprint density at radius 1 is 0.581 bits per heavy atom. The van der Waals surface area contributed by atoms with Crippen molar-refractivity contribution in [2.45, 2.75) is 184 Å². The zero-order valence-electron chi connectivity index (χ0n) is 46.7. The van der Waals surface area contributed by atoms with Crippen molar-refractivity contribution in [3.8, 4) is 11.5 Å². The summed E-state index contributed by atoms with van der Waals surface area (Å²) >= 11 is 0. The maximum Gasteiger partial charge on any atom is 0.424 e. The van der Waals surface area contributed by atoms with Crippen LogP contribution in [-0.2, 0) is 50.9 Å². The molecule has 4 amide bonds. The number of hydrogen-bond donors (Lipinski definition) is 2. The number of carbonyl (C=O) groups excluding carboxylic acids is 6.